The number of furan rings is 1. The van der Waals surface area contributed by atoms with Gasteiger partial charge in [0.15, 0.2) is 5.84 Å². The van der Waals surface area contributed by atoms with E-state index >= 15 is 0 Å². The van der Waals surface area contributed by atoms with Gasteiger partial charge in [0, 0.05) is 42.1 Å². The average molecular weight is 736 g/mol. The molecule has 56 heavy (non-hydrogen) atoms. The number of hydrogen-bond acceptors (Lipinski definition) is 3. The highest BCUT2D eigenvalue weighted by Gasteiger charge is 2.19. The number of nitrogens with two attached hydrogens (primary N) is 1. The Kier molecular flexibility index (Phi) is 7.54. The minimum Gasteiger partial charge on any atom is -0.456 e. The fourth-order valence-corrected chi connectivity index (χ4v) is 9.47. The van der Waals surface area contributed by atoms with E-state index in [1.165, 1.54) is 52.5 Å². The first-order valence-electron chi connectivity index (χ1n) is 18.8. The van der Waals surface area contributed by atoms with E-state index < -0.39 is 0 Å². The van der Waals surface area contributed by atoms with Crippen LogP contribution in [0.2, 0.25) is 0 Å². The van der Waals surface area contributed by atoms with Crippen LogP contribution < -0.4 is 5.73 Å². The topological polar surface area (TPSA) is 63.9 Å². The van der Waals surface area contributed by atoms with Crippen molar-refractivity contribution in [2.24, 2.45) is 15.7 Å². The van der Waals surface area contributed by atoms with Gasteiger partial charge in [0.2, 0.25) is 0 Å². The van der Waals surface area contributed by atoms with E-state index in [1.807, 2.05) is 53.8 Å². The summed E-state index contributed by atoms with van der Waals surface area (Å²) in [6.07, 6.45) is 0. The molecule has 0 radical (unpaired) electrons. The maximum absolute atomic E-state index is 6.75. The molecule has 0 atom stereocenters. The third-order valence-electron chi connectivity index (χ3n) is 10.9. The maximum Gasteiger partial charge on any atom is 0.157 e. The van der Waals surface area contributed by atoms with Crippen molar-refractivity contribution in [2.75, 3.05) is 0 Å². The molecule has 0 amide bonds. The summed E-state index contributed by atoms with van der Waals surface area (Å²) in [4.78, 5) is 10.3. The molecule has 0 saturated carbocycles. The second-order valence-electron chi connectivity index (χ2n) is 14.3. The number of thiophene rings is 1. The van der Waals surface area contributed by atoms with Crippen LogP contribution in [0.1, 0.15) is 16.7 Å². The third-order valence-corrected chi connectivity index (χ3v) is 12.1. The van der Waals surface area contributed by atoms with Crippen molar-refractivity contribution in [3.05, 3.63) is 193 Å². The lowest BCUT2D eigenvalue weighted by molar-refractivity contribution is 0.669. The van der Waals surface area contributed by atoms with Crippen molar-refractivity contribution in [2.45, 2.75) is 6.54 Å². The number of benzene rings is 9. The molecule has 4 nitrogen and oxygen atoms in total. The van der Waals surface area contributed by atoms with Crippen molar-refractivity contribution < 1.29 is 4.42 Å². The fourth-order valence-electron chi connectivity index (χ4n) is 8.30. The van der Waals surface area contributed by atoms with Crippen LogP contribution in [0.15, 0.2) is 190 Å². The first-order valence-corrected chi connectivity index (χ1v) is 19.6. The monoisotopic (exact) mass is 735 g/mol. The molecule has 264 valence electrons. The average Bonchev–Trinajstić information content (AvgIpc) is 3.83. The van der Waals surface area contributed by atoms with Gasteiger partial charge in [-0.05, 0) is 85.4 Å². The Labute approximate surface area is 326 Å². The fraction of sp³-hybridized carbons (Fsp3) is 0.0196. The van der Waals surface area contributed by atoms with Gasteiger partial charge in [-0.15, -0.1) is 11.3 Å². The Morgan fingerprint density at radius 2 is 1.09 bits per heavy atom. The number of rotatable bonds is 5. The molecule has 2 N–H and O–H groups in total. The van der Waals surface area contributed by atoms with Crippen molar-refractivity contribution in [3.63, 3.8) is 0 Å². The second kappa shape index (κ2) is 13.0. The Morgan fingerprint density at radius 3 is 1.86 bits per heavy atom. The summed E-state index contributed by atoms with van der Waals surface area (Å²) in [6, 6.07) is 61.9. The molecule has 9 aromatic carbocycles. The lowest BCUT2D eigenvalue weighted by Crippen LogP contribution is -2.16. The van der Waals surface area contributed by atoms with Crippen LogP contribution in [0.5, 0.6) is 0 Å². The number of para-hydroxylation sites is 1. The van der Waals surface area contributed by atoms with Crippen LogP contribution in [0.4, 0.5) is 0 Å². The highest BCUT2D eigenvalue weighted by atomic mass is 32.1. The summed E-state index contributed by atoms with van der Waals surface area (Å²) in [5, 5.41) is 12.1. The summed E-state index contributed by atoms with van der Waals surface area (Å²) in [5.74, 6) is 0.947. The quantitative estimate of drug-likeness (QED) is 0.109. The lowest BCUT2D eigenvalue weighted by Gasteiger charge is -2.13. The van der Waals surface area contributed by atoms with Crippen LogP contribution in [-0.2, 0) is 6.54 Å². The Hall–Kier alpha value is -7.08. The minimum atomic E-state index is 0.402. The summed E-state index contributed by atoms with van der Waals surface area (Å²) in [6.45, 7) is 0.438. The molecule has 11 rings (SSSR count). The molecule has 0 aliphatic heterocycles. The SMILES string of the molecule is NC(=NC(=NCc1ccc2c(c1)sc1ccccc12)c1cc(-c2ccc3c4ccccc4c4ccccc4c3c2)c2c(c1)oc1ccccc12)c1ccccc1. The van der Waals surface area contributed by atoms with Crippen molar-refractivity contribution in [3.8, 4) is 11.1 Å². The Balaban J connectivity index is 1.13. The first kappa shape index (κ1) is 32.4. The van der Waals surface area contributed by atoms with Crippen LogP contribution >= 0.6 is 11.3 Å². The number of aliphatic imine (C=N–C) groups is 2. The molecule has 0 saturated heterocycles. The molecular weight excluding hydrogens is 703 g/mol. The van der Waals surface area contributed by atoms with Gasteiger partial charge in [0.1, 0.15) is 17.0 Å². The van der Waals surface area contributed by atoms with Gasteiger partial charge in [0.05, 0.1) is 6.54 Å². The van der Waals surface area contributed by atoms with Crippen LogP contribution in [-0.4, -0.2) is 11.7 Å². The summed E-state index contributed by atoms with van der Waals surface area (Å²) in [7, 11) is 0. The van der Waals surface area contributed by atoms with Crippen molar-refractivity contribution >= 4 is 97.4 Å². The maximum atomic E-state index is 6.75. The zero-order chi connectivity index (χ0) is 37.2. The number of fused-ring (bicyclic) bond motifs is 12. The van der Waals surface area contributed by atoms with Crippen molar-refractivity contribution in [1.29, 1.82) is 0 Å². The predicted molar refractivity (Wildman–Crippen MR) is 238 cm³/mol. The lowest BCUT2D eigenvalue weighted by atomic mass is 9.90. The predicted octanol–water partition coefficient (Wildman–Crippen LogP) is 13.4. The second-order valence-corrected chi connectivity index (χ2v) is 15.4. The van der Waals surface area contributed by atoms with Gasteiger partial charge in [-0.25, -0.2) is 4.99 Å². The van der Waals surface area contributed by atoms with Gasteiger partial charge < -0.3 is 10.2 Å². The van der Waals surface area contributed by atoms with Gasteiger partial charge in [-0.1, -0.05) is 140 Å². The van der Waals surface area contributed by atoms with E-state index in [9.17, 15) is 0 Å². The molecule has 0 spiro atoms. The van der Waals surface area contributed by atoms with E-state index in [1.54, 1.807) is 0 Å². The highest BCUT2D eigenvalue weighted by molar-refractivity contribution is 7.25. The van der Waals surface area contributed by atoms with E-state index in [-0.39, 0.29) is 0 Å². The highest BCUT2D eigenvalue weighted by Crippen LogP contribution is 2.42. The molecule has 0 bridgehead atoms. The minimum absolute atomic E-state index is 0.402. The Morgan fingerprint density at radius 1 is 0.482 bits per heavy atom. The molecule has 0 unspecified atom stereocenters. The molecule has 0 aliphatic carbocycles. The number of nitrogens with zero attached hydrogens (tertiary/aromatic N) is 2. The van der Waals surface area contributed by atoms with E-state index in [4.69, 9.17) is 20.1 Å². The zero-order valence-electron chi connectivity index (χ0n) is 30.2. The molecule has 2 aromatic heterocycles. The molecule has 0 fully saturated rings. The molecule has 2 heterocycles. The van der Waals surface area contributed by atoms with Crippen LogP contribution in [0.25, 0.3) is 85.6 Å². The summed E-state index contributed by atoms with van der Waals surface area (Å²) >= 11 is 1.81. The molecular formula is C51H33N3OS. The normalized spacial score (nSPS) is 12.6. The Bertz CT molecular complexity index is 3370. The van der Waals surface area contributed by atoms with Gasteiger partial charge in [-0.2, -0.15) is 0 Å². The van der Waals surface area contributed by atoms with Crippen molar-refractivity contribution in [1.82, 2.24) is 0 Å². The van der Waals surface area contributed by atoms with Gasteiger partial charge >= 0.3 is 0 Å². The number of hydrogen-bond donors (Lipinski definition) is 1. The van der Waals surface area contributed by atoms with Crippen LogP contribution in [0.3, 0.4) is 0 Å². The van der Waals surface area contributed by atoms with Gasteiger partial charge in [0.25, 0.3) is 0 Å². The molecule has 5 heteroatoms. The zero-order valence-corrected chi connectivity index (χ0v) is 31.1. The van der Waals surface area contributed by atoms with E-state index in [2.05, 4.69) is 133 Å². The van der Waals surface area contributed by atoms with Gasteiger partial charge in [-0.3, -0.25) is 4.99 Å². The number of amidine groups is 2. The van der Waals surface area contributed by atoms with Crippen LogP contribution in [0, 0.1) is 0 Å². The third kappa shape index (κ3) is 5.36. The smallest absolute Gasteiger partial charge is 0.157 e. The first-order chi connectivity index (χ1) is 27.7. The largest absolute Gasteiger partial charge is 0.456 e. The van der Waals surface area contributed by atoms with E-state index in [0.717, 1.165) is 49.8 Å². The molecule has 0 aliphatic rings. The summed E-state index contributed by atoms with van der Waals surface area (Å²) < 4.78 is 9.15. The molecule has 11 aromatic rings. The summed E-state index contributed by atoms with van der Waals surface area (Å²) in [5.41, 5.74) is 13.3. The van der Waals surface area contributed by atoms with E-state index in [0.29, 0.717) is 18.2 Å². The standard InChI is InChI=1S/C51H33N3OS/c52-50(32-12-2-1-3-13-32)54-51(53-30-31-22-24-41-40-18-9-11-21-47(40)56-48(41)26-31)34-28-43(49-42-19-8-10-20-45(42)55-46(49)29-34)33-23-25-39-37-16-5-4-14-35(37)36-15-6-7-17-38(36)44(39)27-33/h1-29H,30H2,(H2,52,53,54).